The van der Waals surface area contributed by atoms with Crippen LogP contribution < -0.4 is 10.6 Å². The highest BCUT2D eigenvalue weighted by atomic mass is 35.5. The van der Waals surface area contributed by atoms with E-state index in [2.05, 4.69) is 10.6 Å². The summed E-state index contributed by atoms with van der Waals surface area (Å²) >= 11 is 5.87. The molecule has 4 aliphatic carbocycles. The summed E-state index contributed by atoms with van der Waals surface area (Å²) in [6, 6.07) is 6.95. The van der Waals surface area contributed by atoms with Crippen LogP contribution in [0.25, 0.3) is 0 Å². The topological polar surface area (TPSA) is 84.5 Å². The third-order valence-electron chi connectivity index (χ3n) is 7.02. The molecule has 0 spiro atoms. The fourth-order valence-corrected chi connectivity index (χ4v) is 6.17. The Hall–Kier alpha value is -2.08. The number of carbonyl (C=O) groups excluding carboxylic acids is 3. The van der Waals surface area contributed by atoms with E-state index in [1.807, 2.05) is 19.1 Å². The second-order valence-corrected chi connectivity index (χ2v) is 9.82. The van der Waals surface area contributed by atoms with Crippen molar-refractivity contribution in [2.24, 2.45) is 23.2 Å². The Kier molecular flexibility index (Phi) is 6.05. The van der Waals surface area contributed by atoms with Gasteiger partial charge in [-0.2, -0.15) is 0 Å². The van der Waals surface area contributed by atoms with Crippen LogP contribution in [-0.4, -0.2) is 30.9 Å². The number of hydrogen-bond acceptors (Lipinski definition) is 4. The van der Waals surface area contributed by atoms with E-state index in [-0.39, 0.29) is 30.5 Å². The Morgan fingerprint density at radius 2 is 1.63 bits per heavy atom. The second kappa shape index (κ2) is 8.58. The highest BCUT2D eigenvalue weighted by molar-refractivity contribution is 6.30. The summed E-state index contributed by atoms with van der Waals surface area (Å²) in [4.78, 5) is 37.0. The first-order valence-electron chi connectivity index (χ1n) is 10.8. The van der Waals surface area contributed by atoms with Crippen molar-refractivity contribution in [2.75, 3.05) is 13.2 Å². The molecule has 7 heteroatoms. The summed E-state index contributed by atoms with van der Waals surface area (Å²) in [5.41, 5.74) is 0.613. The third-order valence-corrected chi connectivity index (χ3v) is 7.28. The molecule has 4 bridgehead atoms. The minimum absolute atomic E-state index is 0.0145. The molecule has 0 aromatic heterocycles. The zero-order valence-corrected chi connectivity index (χ0v) is 18.0. The SMILES string of the molecule is C[C@@H](NC(=O)COC(=O)CNC(=O)C12CC3CC(CC(C3)C1)C2)c1ccc(Cl)cc1. The molecule has 1 aromatic carbocycles. The molecule has 5 rings (SSSR count). The maximum absolute atomic E-state index is 12.9. The van der Waals surface area contributed by atoms with Crippen LogP contribution in [-0.2, 0) is 19.1 Å². The van der Waals surface area contributed by atoms with Gasteiger partial charge >= 0.3 is 5.97 Å². The maximum Gasteiger partial charge on any atom is 0.325 e. The number of halogens is 1. The van der Waals surface area contributed by atoms with Crippen molar-refractivity contribution in [3.05, 3.63) is 34.9 Å². The van der Waals surface area contributed by atoms with E-state index in [0.717, 1.165) is 24.8 Å². The third kappa shape index (κ3) is 4.64. The zero-order chi connectivity index (χ0) is 21.3. The molecular formula is C23H29ClN2O4. The lowest BCUT2D eigenvalue weighted by Gasteiger charge is -2.55. The van der Waals surface area contributed by atoms with Gasteiger partial charge in [-0.15, -0.1) is 0 Å². The maximum atomic E-state index is 12.9. The molecule has 4 aliphatic rings. The van der Waals surface area contributed by atoms with Crippen molar-refractivity contribution in [1.82, 2.24) is 10.6 Å². The summed E-state index contributed by atoms with van der Waals surface area (Å²) in [7, 11) is 0. The number of carbonyl (C=O) groups is 3. The molecule has 2 amide bonds. The molecule has 0 aliphatic heterocycles. The average Bonchev–Trinajstić information content (AvgIpc) is 2.70. The molecule has 4 fully saturated rings. The van der Waals surface area contributed by atoms with Gasteiger partial charge in [0, 0.05) is 10.4 Å². The van der Waals surface area contributed by atoms with Crippen molar-refractivity contribution in [2.45, 2.75) is 51.5 Å². The van der Waals surface area contributed by atoms with Gasteiger partial charge < -0.3 is 15.4 Å². The summed E-state index contributed by atoms with van der Waals surface area (Å²) in [6.07, 6.45) is 6.63. The van der Waals surface area contributed by atoms with Crippen LogP contribution in [0.3, 0.4) is 0 Å². The number of amides is 2. The molecule has 162 valence electrons. The zero-order valence-electron chi connectivity index (χ0n) is 17.3. The van der Waals surface area contributed by atoms with Gasteiger partial charge in [0.15, 0.2) is 6.61 Å². The second-order valence-electron chi connectivity index (χ2n) is 9.38. The first-order valence-corrected chi connectivity index (χ1v) is 11.2. The van der Waals surface area contributed by atoms with E-state index in [1.54, 1.807) is 12.1 Å². The van der Waals surface area contributed by atoms with Crippen LogP contribution in [0.4, 0.5) is 0 Å². The molecule has 1 aromatic rings. The van der Waals surface area contributed by atoms with E-state index in [4.69, 9.17) is 16.3 Å². The van der Waals surface area contributed by atoms with Crippen molar-refractivity contribution >= 4 is 29.4 Å². The quantitative estimate of drug-likeness (QED) is 0.647. The predicted molar refractivity (Wildman–Crippen MR) is 113 cm³/mol. The number of ether oxygens (including phenoxy) is 1. The first kappa shape index (κ1) is 21.2. The summed E-state index contributed by atoms with van der Waals surface area (Å²) < 4.78 is 5.04. The van der Waals surface area contributed by atoms with Crippen molar-refractivity contribution in [3.63, 3.8) is 0 Å². The Bertz CT molecular complexity index is 788. The highest BCUT2D eigenvalue weighted by Gasteiger charge is 2.54. The van der Waals surface area contributed by atoms with E-state index in [9.17, 15) is 14.4 Å². The average molecular weight is 433 g/mol. The molecule has 1 atom stereocenters. The van der Waals surface area contributed by atoms with E-state index >= 15 is 0 Å². The van der Waals surface area contributed by atoms with Crippen LogP contribution in [0.1, 0.15) is 57.1 Å². The lowest BCUT2D eigenvalue weighted by Crippen LogP contribution is -2.54. The van der Waals surface area contributed by atoms with Crippen molar-refractivity contribution in [3.8, 4) is 0 Å². The Morgan fingerprint density at radius 1 is 1.07 bits per heavy atom. The fourth-order valence-electron chi connectivity index (χ4n) is 6.04. The first-order chi connectivity index (χ1) is 14.3. The summed E-state index contributed by atoms with van der Waals surface area (Å²) in [5, 5.41) is 6.18. The van der Waals surface area contributed by atoms with Crippen LogP contribution in [0.15, 0.2) is 24.3 Å². The van der Waals surface area contributed by atoms with Gasteiger partial charge in [-0.05, 0) is 80.9 Å². The minimum Gasteiger partial charge on any atom is -0.454 e. The molecule has 0 saturated heterocycles. The van der Waals surface area contributed by atoms with Crippen molar-refractivity contribution in [1.29, 1.82) is 0 Å². The fraction of sp³-hybridized carbons (Fsp3) is 0.609. The van der Waals surface area contributed by atoms with E-state index in [1.165, 1.54) is 19.3 Å². The largest absolute Gasteiger partial charge is 0.454 e. The van der Waals surface area contributed by atoms with E-state index in [0.29, 0.717) is 22.8 Å². The minimum atomic E-state index is -0.595. The predicted octanol–water partition coefficient (Wildman–Crippen LogP) is 3.39. The van der Waals surface area contributed by atoms with Gasteiger partial charge in [-0.1, -0.05) is 23.7 Å². The summed E-state index contributed by atoms with van der Waals surface area (Å²) in [6.45, 7) is 1.28. The number of benzene rings is 1. The Balaban J connectivity index is 1.19. The normalized spacial score (nSPS) is 29.9. The number of esters is 1. The van der Waals surface area contributed by atoms with Gasteiger partial charge in [0.1, 0.15) is 6.54 Å². The smallest absolute Gasteiger partial charge is 0.325 e. The van der Waals surface area contributed by atoms with Gasteiger partial charge in [0.05, 0.1) is 6.04 Å². The van der Waals surface area contributed by atoms with Crippen LogP contribution >= 0.6 is 11.6 Å². The highest BCUT2D eigenvalue weighted by Crippen LogP contribution is 2.60. The lowest BCUT2D eigenvalue weighted by molar-refractivity contribution is -0.152. The number of hydrogen-bond donors (Lipinski definition) is 2. The summed E-state index contributed by atoms with van der Waals surface area (Å²) in [5.74, 6) is 1.00. The van der Waals surface area contributed by atoms with E-state index < -0.39 is 11.9 Å². The Labute approximate surface area is 182 Å². The van der Waals surface area contributed by atoms with Crippen LogP contribution in [0.2, 0.25) is 5.02 Å². The van der Waals surface area contributed by atoms with Gasteiger partial charge in [-0.3, -0.25) is 14.4 Å². The van der Waals surface area contributed by atoms with Crippen LogP contribution in [0, 0.1) is 23.2 Å². The molecule has 4 saturated carbocycles. The van der Waals surface area contributed by atoms with Gasteiger partial charge in [0.25, 0.3) is 5.91 Å². The lowest BCUT2D eigenvalue weighted by atomic mass is 9.49. The number of rotatable bonds is 7. The van der Waals surface area contributed by atoms with Crippen LogP contribution in [0.5, 0.6) is 0 Å². The molecule has 2 N–H and O–H groups in total. The standard InChI is InChI=1S/C23H29ClN2O4/c1-14(18-2-4-19(24)5-3-18)26-20(27)13-30-21(28)12-25-22(29)23-9-15-6-16(10-23)8-17(7-15)11-23/h2-5,14-17H,6-13H2,1H3,(H,25,29)(H,26,27)/t14-,15?,16?,17?,23?/m1/s1. The molecule has 0 unspecified atom stereocenters. The molecule has 0 heterocycles. The molecule has 30 heavy (non-hydrogen) atoms. The van der Waals surface area contributed by atoms with Crippen molar-refractivity contribution < 1.29 is 19.1 Å². The Morgan fingerprint density at radius 3 is 2.20 bits per heavy atom. The monoisotopic (exact) mass is 432 g/mol. The molecular weight excluding hydrogens is 404 g/mol. The van der Waals surface area contributed by atoms with Gasteiger partial charge in [-0.25, -0.2) is 0 Å². The van der Waals surface area contributed by atoms with Gasteiger partial charge in [0.2, 0.25) is 5.91 Å². The molecule has 0 radical (unpaired) electrons. The molecule has 6 nitrogen and oxygen atoms in total. The number of nitrogens with one attached hydrogen (secondary N) is 2.